The minimum absolute atomic E-state index is 0.751. The highest BCUT2D eigenvalue weighted by atomic mass is 35.5. The molecule has 0 saturated heterocycles. The normalized spacial score (nSPS) is 11.0. The molecule has 3 nitrogen and oxygen atoms in total. The molecule has 0 aliphatic heterocycles. The molecule has 0 aromatic heterocycles. The molecule has 0 aliphatic rings. The fourth-order valence-corrected chi connectivity index (χ4v) is 2.32. The van der Waals surface area contributed by atoms with Gasteiger partial charge in [-0.1, -0.05) is 31.5 Å². The van der Waals surface area contributed by atoms with Gasteiger partial charge in [-0.25, -0.2) is 0 Å². The number of methoxy groups -OCH3 is 1. The quantitative estimate of drug-likeness (QED) is 0.705. The van der Waals surface area contributed by atoms with E-state index in [9.17, 15) is 0 Å². The molecule has 0 saturated carbocycles. The second-order valence-corrected chi connectivity index (χ2v) is 4.89. The van der Waals surface area contributed by atoms with Crippen molar-refractivity contribution in [3.05, 3.63) is 28.8 Å². The number of nitrogens with zero attached hydrogens (tertiary/aromatic N) is 1. The van der Waals surface area contributed by atoms with E-state index < -0.39 is 0 Å². The van der Waals surface area contributed by atoms with Gasteiger partial charge in [0.05, 0.1) is 7.11 Å². The monoisotopic (exact) mass is 284 g/mol. The zero-order valence-electron chi connectivity index (χ0n) is 12.2. The van der Waals surface area contributed by atoms with Gasteiger partial charge in [0, 0.05) is 17.1 Å². The zero-order chi connectivity index (χ0) is 14.1. The summed E-state index contributed by atoms with van der Waals surface area (Å²) in [5, 5.41) is 4.19. The highest BCUT2D eigenvalue weighted by Gasteiger charge is 2.06. The summed E-state index contributed by atoms with van der Waals surface area (Å²) in [7, 11) is 1.68. The molecule has 4 heteroatoms. The van der Waals surface area contributed by atoms with Gasteiger partial charge in [-0.15, -0.1) is 0 Å². The first-order chi connectivity index (χ1) is 9.22. The lowest BCUT2D eigenvalue weighted by Crippen LogP contribution is -2.27. The van der Waals surface area contributed by atoms with Crippen LogP contribution in [0.25, 0.3) is 0 Å². The first kappa shape index (κ1) is 16.3. The van der Waals surface area contributed by atoms with Crippen LogP contribution >= 0.6 is 11.6 Å². The van der Waals surface area contributed by atoms with Crippen molar-refractivity contribution in [2.45, 2.75) is 26.8 Å². The van der Waals surface area contributed by atoms with Crippen LogP contribution in [0.4, 0.5) is 0 Å². The van der Waals surface area contributed by atoms with Gasteiger partial charge in [0.2, 0.25) is 0 Å². The van der Waals surface area contributed by atoms with E-state index in [2.05, 4.69) is 24.1 Å². The summed E-state index contributed by atoms with van der Waals surface area (Å²) in [6.07, 6.45) is 1.15. The molecule has 19 heavy (non-hydrogen) atoms. The number of ether oxygens (including phenoxy) is 1. The molecule has 0 bridgehead atoms. The van der Waals surface area contributed by atoms with Gasteiger partial charge in [0.15, 0.2) is 0 Å². The largest absolute Gasteiger partial charge is 0.496 e. The fraction of sp³-hybridized carbons (Fsp3) is 0.600. The minimum atomic E-state index is 0.751. The van der Waals surface area contributed by atoms with Crippen LogP contribution in [0, 0.1) is 0 Å². The summed E-state index contributed by atoms with van der Waals surface area (Å²) in [5.74, 6) is 0.851. The van der Waals surface area contributed by atoms with Crippen LogP contribution in [0.5, 0.6) is 5.75 Å². The van der Waals surface area contributed by atoms with Gasteiger partial charge in [-0.3, -0.25) is 0 Å². The Morgan fingerprint density at radius 2 is 2.00 bits per heavy atom. The van der Waals surface area contributed by atoms with Crippen molar-refractivity contribution in [3.8, 4) is 5.75 Å². The molecule has 0 heterocycles. The van der Waals surface area contributed by atoms with E-state index in [-0.39, 0.29) is 0 Å². The average Bonchev–Trinajstić information content (AvgIpc) is 2.44. The SMILES string of the molecule is CCN(CC)CCCNCc1c(Cl)cccc1OC. The number of rotatable bonds is 9. The molecule has 0 radical (unpaired) electrons. The van der Waals surface area contributed by atoms with Crippen LogP contribution in [0.1, 0.15) is 25.8 Å². The van der Waals surface area contributed by atoms with Gasteiger partial charge in [0.1, 0.15) is 5.75 Å². The molecule has 0 spiro atoms. The van der Waals surface area contributed by atoms with Crippen molar-refractivity contribution < 1.29 is 4.74 Å². The molecule has 0 aliphatic carbocycles. The Morgan fingerprint density at radius 1 is 1.26 bits per heavy atom. The number of hydrogen-bond acceptors (Lipinski definition) is 3. The highest BCUT2D eigenvalue weighted by molar-refractivity contribution is 6.31. The Balaban J connectivity index is 2.33. The maximum atomic E-state index is 6.19. The van der Waals surface area contributed by atoms with Crippen LogP contribution in [0.15, 0.2) is 18.2 Å². The summed E-state index contributed by atoms with van der Waals surface area (Å²) < 4.78 is 5.32. The predicted octanol–water partition coefficient (Wildman–Crippen LogP) is 3.17. The molecule has 1 aromatic carbocycles. The van der Waals surface area contributed by atoms with Crippen molar-refractivity contribution in [2.75, 3.05) is 33.3 Å². The van der Waals surface area contributed by atoms with E-state index in [0.717, 1.165) is 55.5 Å². The zero-order valence-corrected chi connectivity index (χ0v) is 13.0. The average molecular weight is 285 g/mol. The Bertz CT molecular complexity index is 367. The summed E-state index contributed by atoms with van der Waals surface area (Å²) in [4.78, 5) is 2.43. The Hall–Kier alpha value is -0.770. The molecule has 0 atom stereocenters. The van der Waals surface area contributed by atoms with Crippen molar-refractivity contribution in [2.24, 2.45) is 0 Å². The van der Waals surface area contributed by atoms with E-state index in [1.54, 1.807) is 7.11 Å². The third-order valence-corrected chi connectivity index (χ3v) is 3.67. The third kappa shape index (κ3) is 5.39. The first-order valence-electron chi connectivity index (χ1n) is 6.97. The second kappa shape index (κ2) is 9.18. The van der Waals surface area contributed by atoms with Crippen LogP contribution in [-0.4, -0.2) is 38.2 Å². The van der Waals surface area contributed by atoms with Gasteiger partial charge in [-0.05, 0) is 44.7 Å². The van der Waals surface area contributed by atoms with E-state index in [1.807, 2.05) is 18.2 Å². The van der Waals surface area contributed by atoms with Crippen LogP contribution in [0.3, 0.4) is 0 Å². The van der Waals surface area contributed by atoms with Gasteiger partial charge >= 0.3 is 0 Å². The maximum Gasteiger partial charge on any atom is 0.124 e. The molecule has 1 N–H and O–H groups in total. The smallest absolute Gasteiger partial charge is 0.124 e. The first-order valence-corrected chi connectivity index (χ1v) is 7.35. The van der Waals surface area contributed by atoms with Gasteiger partial charge < -0.3 is 15.0 Å². The second-order valence-electron chi connectivity index (χ2n) is 4.48. The minimum Gasteiger partial charge on any atom is -0.496 e. The number of halogens is 1. The van der Waals surface area contributed by atoms with Gasteiger partial charge in [-0.2, -0.15) is 0 Å². The van der Waals surface area contributed by atoms with Crippen LogP contribution < -0.4 is 10.1 Å². The summed E-state index contributed by atoms with van der Waals surface area (Å²) >= 11 is 6.19. The molecule has 0 unspecified atom stereocenters. The van der Waals surface area contributed by atoms with E-state index in [4.69, 9.17) is 16.3 Å². The maximum absolute atomic E-state index is 6.19. The van der Waals surface area contributed by atoms with E-state index in [0.29, 0.717) is 0 Å². The fourth-order valence-electron chi connectivity index (χ4n) is 2.08. The molecule has 108 valence electrons. The lowest BCUT2D eigenvalue weighted by Gasteiger charge is -2.18. The van der Waals surface area contributed by atoms with Crippen LogP contribution in [-0.2, 0) is 6.54 Å². The summed E-state index contributed by atoms with van der Waals surface area (Å²) in [6.45, 7) is 9.52. The van der Waals surface area contributed by atoms with Crippen LogP contribution in [0.2, 0.25) is 5.02 Å². The van der Waals surface area contributed by atoms with E-state index in [1.165, 1.54) is 0 Å². The topological polar surface area (TPSA) is 24.5 Å². The Morgan fingerprint density at radius 3 is 2.63 bits per heavy atom. The number of benzene rings is 1. The number of hydrogen-bond donors (Lipinski definition) is 1. The standard InChI is InChI=1S/C15H25ClN2O/c1-4-18(5-2)11-7-10-17-12-13-14(16)8-6-9-15(13)19-3/h6,8-9,17H,4-5,7,10-12H2,1-3H3. The predicted molar refractivity (Wildman–Crippen MR) is 82.1 cm³/mol. The van der Waals surface area contributed by atoms with Crippen molar-refractivity contribution in [1.82, 2.24) is 10.2 Å². The lowest BCUT2D eigenvalue weighted by molar-refractivity contribution is 0.298. The van der Waals surface area contributed by atoms with Crippen molar-refractivity contribution in [3.63, 3.8) is 0 Å². The molecular weight excluding hydrogens is 260 g/mol. The Kier molecular flexibility index (Phi) is 7.87. The molecule has 0 amide bonds. The van der Waals surface area contributed by atoms with Gasteiger partial charge in [0.25, 0.3) is 0 Å². The molecule has 1 aromatic rings. The summed E-state index contributed by atoms with van der Waals surface area (Å²) in [5.41, 5.74) is 1.04. The molecule has 0 fully saturated rings. The molecule has 1 rings (SSSR count). The number of nitrogens with one attached hydrogen (secondary N) is 1. The third-order valence-electron chi connectivity index (χ3n) is 3.32. The summed E-state index contributed by atoms with van der Waals surface area (Å²) in [6, 6.07) is 5.75. The van der Waals surface area contributed by atoms with Crippen molar-refractivity contribution >= 4 is 11.6 Å². The Labute approximate surface area is 121 Å². The van der Waals surface area contributed by atoms with Crippen molar-refractivity contribution in [1.29, 1.82) is 0 Å². The van der Waals surface area contributed by atoms with E-state index >= 15 is 0 Å². The molecular formula is C15H25ClN2O. The lowest BCUT2D eigenvalue weighted by atomic mass is 10.2. The highest BCUT2D eigenvalue weighted by Crippen LogP contribution is 2.25.